The number of hydrogen-bond donors (Lipinski definition) is 0. The Morgan fingerprint density at radius 1 is 1.53 bits per heavy atom. The second-order valence-electron chi connectivity index (χ2n) is 4.14. The fraction of sp³-hybridized carbons (Fsp3) is 0.538. The highest BCUT2D eigenvalue weighted by Crippen LogP contribution is 2.12. The molecular weight excluding hydrogens is 286 g/mol. The van der Waals surface area contributed by atoms with Gasteiger partial charge in [-0.2, -0.15) is 0 Å². The molecule has 0 N–H and O–H groups in total. The number of thiophene rings is 1. The first-order chi connectivity index (χ1) is 9.08. The minimum absolute atomic E-state index is 0.0408. The molecule has 106 valence electrons. The van der Waals surface area contributed by atoms with E-state index in [1.165, 1.54) is 16.2 Å². The molecule has 0 bridgehead atoms. The van der Waals surface area contributed by atoms with Crippen molar-refractivity contribution in [1.29, 1.82) is 0 Å². The summed E-state index contributed by atoms with van der Waals surface area (Å²) in [4.78, 5) is 25.6. The minimum atomic E-state index is -0.438. The van der Waals surface area contributed by atoms with Gasteiger partial charge in [0.05, 0.1) is 10.8 Å². The van der Waals surface area contributed by atoms with Crippen molar-refractivity contribution in [2.45, 2.75) is 25.9 Å². The highest BCUT2D eigenvalue weighted by Gasteiger charge is 2.17. The van der Waals surface area contributed by atoms with E-state index in [1.807, 2.05) is 18.4 Å². The molecule has 19 heavy (non-hydrogen) atoms. The van der Waals surface area contributed by atoms with Gasteiger partial charge in [-0.1, -0.05) is 13.0 Å². The average Bonchev–Trinajstić information content (AvgIpc) is 2.95. The lowest BCUT2D eigenvalue weighted by Gasteiger charge is -2.20. The Labute approximate surface area is 122 Å². The number of carbonyl (C=O) groups excluding carboxylic acids is 2. The number of alkyl halides is 1. The normalized spacial score (nSPS) is 11.9. The number of amides is 1. The van der Waals surface area contributed by atoms with Gasteiger partial charge < -0.3 is 9.64 Å². The summed E-state index contributed by atoms with van der Waals surface area (Å²) >= 11 is 7.07. The standard InChI is InChI=1S/C13H18ClNO3S/c1-3-10(9-14)18-13(17)15(2)7-6-11(16)12-5-4-8-19-12/h4-5,8,10H,3,6-7,9H2,1-2H3. The van der Waals surface area contributed by atoms with Crippen LogP contribution in [0.2, 0.25) is 0 Å². The second kappa shape index (κ2) is 8.17. The van der Waals surface area contributed by atoms with Crippen molar-refractivity contribution < 1.29 is 14.3 Å². The number of Topliss-reactive ketones (excluding diaryl/α,β-unsaturated/α-hetero) is 1. The van der Waals surface area contributed by atoms with Gasteiger partial charge in [0, 0.05) is 20.0 Å². The monoisotopic (exact) mass is 303 g/mol. The zero-order valence-corrected chi connectivity index (χ0v) is 12.7. The number of ketones is 1. The van der Waals surface area contributed by atoms with Crippen molar-refractivity contribution >= 4 is 34.8 Å². The first-order valence-corrected chi connectivity index (χ1v) is 7.54. The summed E-state index contributed by atoms with van der Waals surface area (Å²) < 4.78 is 5.18. The SMILES string of the molecule is CCC(CCl)OC(=O)N(C)CCC(=O)c1cccs1. The summed E-state index contributed by atoms with van der Waals surface area (Å²) in [7, 11) is 1.62. The fourth-order valence-electron chi connectivity index (χ4n) is 1.38. The Kier molecular flexibility index (Phi) is 6.87. The van der Waals surface area contributed by atoms with Crippen LogP contribution in [0.4, 0.5) is 4.79 Å². The first kappa shape index (κ1) is 16.0. The number of nitrogens with zero attached hydrogens (tertiary/aromatic N) is 1. The van der Waals surface area contributed by atoms with E-state index in [9.17, 15) is 9.59 Å². The summed E-state index contributed by atoms with van der Waals surface area (Å²) in [5.41, 5.74) is 0. The van der Waals surface area contributed by atoms with Crippen LogP contribution in [-0.2, 0) is 4.74 Å². The van der Waals surface area contributed by atoms with Gasteiger partial charge in [0.15, 0.2) is 5.78 Å². The molecule has 0 radical (unpaired) electrons. The quantitative estimate of drug-likeness (QED) is 0.573. The zero-order valence-electron chi connectivity index (χ0n) is 11.1. The third-order valence-electron chi connectivity index (χ3n) is 2.68. The van der Waals surface area contributed by atoms with Gasteiger partial charge in [-0.25, -0.2) is 4.79 Å². The van der Waals surface area contributed by atoms with Crippen molar-refractivity contribution in [2.75, 3.05) is 19.5 Å². The zero-order chi connectivity index (χ0) is 14.3. The molecule has 1 atom stereocenters. The van der Waals surface area contributed by atoms with Crippen LogP contribution in [0.3, 0.4) is 0 Å². The van der Waals surface area contributed by atoms with Crippen LogP contribution in [0.1, 0.15) is 29.4 Å². The van der Waals surface area contributed by atoms with Crippen LogP contribution < -0.4 is 0 Å². The molecule has 1 amide bonds. The van der Waals surface area contributed by atoms with E-state index in [0.29, 0.717) is 24.3 Å². The molecule has 0 fully saturated rings. The molecule has 0 saturated carbocycles. The molecule has 1 aromatic rings. The molecule has 0 saturated heterocycles. The predicted octanol–water partition coefficient (Wildman–Crippen LogP) is 3.41. The Morgan fingerprint density at radius 3 is 2.79 bits per heavy atom. The number of ether oxygens (including phenoxy) is 1. The molecule has 0 aliphatic rings. The van der Waals surface area contributed by atoms with E-state index in [0.717, 1.165) is 0 Å². The first-order valence-electron chi connectivity index (χ1n) is 6.12. The lowest BCUT2D eigenvalue weighted by molar-refractivity contribution is 0.0749. The molecule has 6 heteroatoms. The lowest BCUT2D eigenvalue weighted by Crippen LogP contribution is -2.33. The van der Waals surface area contributed by atoms with E-state index in [4.69, 9.17) is 16.3 Å². The maximum absolute atomic E-state index is 11.8. The number of halogens is 1. The van der Waals surface area contributed by atoms with E-state index in [-0.39, 0.29) is 17.8 Å². The van der Waals surface area contributed by atoms with Crippen molar-refractivity contribution in [3.05, 3.63) is 22.4 Å². The minimum Gasteiger partial charge on any atom is -0.445 e. The summed E-state index contributed by atoms with van der Waals surface area (Å²) in [5.74, 6) is 0.323. The van der Waals surface area contributed by atoms with Crippen molar-refractivity contribution in [3.63, 3.8) is 0 Å². The summed E-state index contributed by atoms with van der Waals surface area (Å²) in [6, 6.07) is 3.62. The molecule has 1 aromatic heterocycles. The molecule has 0 aliphatic heterocycles. The topological polar surface area (TPSA) is 46.6 Å². The molecular formula is C13H18ClNO3S. The molecule has 0 aliphatic carbocycles. The van der Waals surface area contributed by atoms with E-state index >= 15 is 0 Å². The Balaban J connectivity index is 2.36. The maximum Gasteiger partial charge on any atom is 0.409 e. The van der Waals surface area contributed by atoms with Crippen molar-refractivity contribution in [1.82, 2.24) is 4.90 Å². The van der Waals surface area contributed by atoms with Crippen LogP contribution in [0, 0.1) is 0 Å². The Bertz CT molecular complexity index is 404. The molecule has 1 rings (SSSR count). The van der Waals surface area contributed by atoms with Crippen molar-refractivity contribution in [2.24, 2.45) is 0 Å². The lowest BCUT2D eigenvalue weighted by atomic mass is 10.2. The maximum atomic E-state index is 11.8. The van der Waals surface area contributed by atoms with Gasteiger partial charge in [0.2, 0.25) is 0 Å². The number of rotatable bonds is 7. The molecule has 0 aromatic carbocycles. The smallest absolute Gasteiger partial charge is 0.409 e. The highest BCUT2D eigenvalue weighted by atomic mass is 35.5. The Morgan fingerprint density at radius 2 is 2.26 bits per heavy atom. The van der Waals surface area contributed by atoms with Crippen molar-refractivity contribution in [3.8, 4) is 0 Å². The molecule has 4 nitrogen and oxygen atoms in total. The third-order valence-corrected chi connectivity index (χ3v) is 3.93. The van der Waals surface area contributed by atoms with Gasteiger partial charge >= 0.3 is 6.09 Å². The second-order valence-corrected chi connectivity index (χ2v) is 5.40. The highest BCUT2D eigenvalue weighted by molar-refractivity contribution is 7.12. The average molecular weight is 304 g/mol. The van der Waals surface area contributed by atoms with Crippen LogP contribution in [0.25, 0.3) is 0 Å². The fourth-order valence-corrected chi connectivity index (χ4v) is 2.35. The number of carbonyl (C=O) groups is 2. The van der Waals surface area contributed by atoms with Gasteiger partial charge in [0.1, 0.15) is 6.10 Å². The molecule has 0 spiro atoms. The third kappa shape index (κ3) is 5.20. The summed E-state index contributed by atoms with van der Waals surface area (Å²) in [6.07, 6.45) is 0.261. The summed E-state index contributed by atoms with van der Waals surface area (Å²) in [5, 5.41) is 1.86. The largest absolute Gasteiger partial charge is 0.445 e. The van der Waals surface area contributed by atoms with E-state index in [2.05, 4.69) is 0 Å². The van der Waals surface area contributed by atoms with Crippen LogP contribution in [-0.4, -0.2) is 42.4 Å². The van der Waals surface area contributed by atoms with Crippen LogP contribution in [0.5, 0.6) is 0 Å². The van der Waals surface area contributed by atoms with Crippen LogP contribution >= 0.6 is 22.9 Å². The molecule has 1 heterocycles. The van der Waals surface area contributed by atoms with Gasteiger partial charge in [-0.15, -0.1) is 22.9 Å². The Hall–Kier alpha value is -1.07. The number of hydrogen-bond acceptors (Lipinski definition) is 4. The van der Waals surface area contributed by atoms with Gasteiger partial charge in [-0.05, 0) is 17.9 Å². The van der Waals surface area contributed by atoms with Crippen LogP contribution in [0.15, 0.2) is 17.5 Å². The summed E-state index contributed by atoms with van der Waals surface area (Å²) in [6.45, 7) is 2.24. The van der Waals surface area contributed by atoms with Gasteiger partial charge in [0.25, 0.3) is 0 Å². The predicted molar refractivity (Wildman–Crippen MR) is 77.2 cm³/mol. The van der Waals surface area contributed by atoms with E-state index < -0.39 is 6.09 Å². The molecule has 1 unspecified atom stereocenters. The van der Waals surface area contributed by atoms with E-state index in [1.54, 1.807) is 13.1 Å². The van der Waals surface area contributed by atoms with Gasteiger partial charge in [-0.3, -0.25) is 4.79 Å².